The molecule has 27 heavy (non-hydrogen) atoms. The molecule has 2 heterocycles. The Bertz CT molecular complexity index is 754. The van der Waals surface area contributed by atoms with Gasteiger partial charge < -0.3 is 20.1 Å². The van der Waals surface area contributed by atoms with Crippen molar-refractivity contribution in [2.45, 2.75) is 39.4 Å². The van der Waals surface area contributed by atoms with E-state index >= 15 is 0 Å². The Hall–Kier alpha value is -2.76. The van der Waals surface area contributed by atoms with Gasteiger partial charge in [-0.2, -0.15) is 0 Å². The molecule has 1 aromatic heterocycles. The van der Waals surface area contributed by atoms with E-state index in [2.05, 4.69) is 52.7 Å². The lowest BCUT2D eigenvalue weighted by atomic mass is 10.1. The van der Waals surface area contributed by atoms with E-state index in [9.17, 15) is 4.79 Å². The molecule has 1 fully saturated rings. The largest absolute Gasteiger partial charge is 0.357 e. The van der Waals surface area contributed by atoms with Crippen molar-refractivity contribution in [1.82, 2.24) is 20.1 Å². The van der Waals surface area contributed by atoms with Gasteiger partial charge in [-0.05, 0) is 36.6 Å². The van der Waals surface area contributed by atoms with Crippen LogP contribution in [-0.4, -0.2) is 41.0 Å². The van der Waals surface area contributed by atoms with Gasteiger partial charge in [0.15, 0.2) is 5.96 Å². The first-order chi connectivity index (χ1) is 13.2. The lowest BCUT2D eigenvalue weighted by Gasteiger charge is -2.16. The highest BCUT2D eigenvalue weighted by molar-refractivity contribution is 5.79. The molecule has 1 aliphatic rings. The number of aromatic nitrogens is 1. The van der Waals surface area contributed by atoms with Crippen molar-refractivity contribution in [2.75, 3.05) is 19.6 Å². The van der Waals surface area contributed by atoms with Gasteiger partial charge in [-0.1, -0.05) is 24.3 Å². The van der Waals surface area contributed by atoms with Crippen molar-refractivity contribution < 1.29 is 4.79 Å². The molecule has 1 aliphatic heterocycles. The second-order valence-corrected chi connectivity index (χ2v) is 6.78. The molecular formula is C21H29N5O. The molecule has 144 valence electrons. The van der Waals surface area contributed by atoms with Crippen molar-refractivity contribution in [1.29, 1.82) is 0 Å². The number of hydrogen-bond donors (Lipinski definition) is 2. The van der Waals surface area contributed by atoms with Crippen molar-refractivity contribution in [3.63, 3.8) is 0 Å². The van der Waals surface area contributed by atoms with Gasteiger partial charge in [-0.3, -0.25) is 4.79 Å². The quantitative estimate of drug-likeness (QED) is 0.556. The van der Waals surface area contributed by atoms with E-state index in [1.165, 1.54) is 5.56 Å². The van der Waals surface area contributed by atoms with E-state index in [4.69, 9.17) is 4.99 Å². The van der Waals surface area contributed by atoms with E-state index in [0.29, 0.717) is 19.5 Å². The molecule has 6 heteroatoms. The summed E-state index contributed by atoms with van der Waals surface area (Å²) in [5.74, 6) is 1.09. The summed E-state index contributed by atoms with van der Waals surface area (Å²) in [5, 5.41) is 6.66. The number of nitrogens with zero attached hydrogens (tertiary/aromatic N) is 3. The molecule has 1 saturated heterocycles. The highest BCUT2D eigenvalue weighted by Crippen LogP contribution is 2.15. The molecule has 1 aromatic carbocycles. The highest BCUT2D eigenvalue weighted by Gasteiger charge is 2.19. The molecule has 0 radical (unpaired) electrons. The number of carbonyl (C=O) groups excluding carboxylic acids is 1. The second kappa shape index (κ2) is 9.80. The molecule has 0 unspecified atom stereocenters. The number of nitrogens with one attached hydrogen (secondary N) is 2. The maximum Gasteiger partial charge on any atom is 0.222 e. The molecule has 0 atom stereocenters. The van der Waals surface area contributed by atoms with Crippen molar-refractivity contribution in [3.05, 3.63) is 59.9 Å². The number of likely N-dealkylation sites (tertiary alicyclic amines) is 1. The van der Waals surface area contributed by atoms with Gasteiger partial charge >= 0.3 is 0 Å². The van der Waals surface area contributed by atoms with Crippen molar-refractivity contribution >= 4 is 11.9 Å². The van der Waals surface area contributed by atoms with Crippen LogP contribution in [0.3, 0.4) is 0 Å². The van der Waals surface area contributed by atoms with E-state index in [1.807, 2.05) is 23.1 Å². The first-order valence-corrected chi connectivity index (χ1v) is 9.73. The van der Waals surface area contributed by atoms with Crippen LogP contribution in [0.5, 0.6) is 0 Å². The van der Waals surface area contributed by atoms with Crippen LogP contribution >= 0.6 is 0 Å². The first kappa shape index (κ1) is 19.0. The molecular weight excluding hydrogens is 338 g/mol. The van der Waals surface area contributed by atoms with Crippen LogP contribution in [0.1, 0.15) is 30.9 Å². The van der Waals surface area contributed by atoms with Crippen LogP contribution in [0.4, 0.5) is 0 Å². The van der Waals surface area contributed by atoms with Crippen LogP contribution in [0, 0.1) is 0 Å². The standard InChI is InChI=1S/C21H29N5O/c1-2-22-21(23-10-14-25-11-3-4-12-25)24-16-18-7-5-8-19(15-18)17-26-13-6-9-20(26)27/h3-5,7-8,11-12,15H,2,6,9-10,13-14,16-17H2,1H3,(H2,22,23,24). The lowest BCUT2D eigenvalue weighted by molar-refractivity contribution is -0.128. The summed E-state index contributed by atoms with van der Waals surface area (Å²) in [7, 11) is 0. The van der Waals surface area contributed by atoms with Crippen LogP contribution in [0.25, 0.3) is 0 Å². The molecule has 0 spiro atoms. The second-order valence-electron chi connectivity index (χ2n) is 6.78. The Labute approximate surface area is 161 Å². The van der Waals surface area contributed by atoms with Gasteiger partial charge in [0.05, 0.1) is 6.54 Å². The first-order valence-electron chi connectivity index (χ1n) is 9.73. The number of carbonyl (C=O) groups is 1. The minimum absolute atomic E-state index is 0.264. The molecule has 0 saturated carbocycles. The Morgan fingerprint density at radius 1 is 1.15 bits per heavy atom. The van der Waals surface area contributed by atoms with Gasteiger partial charge in [0.1, 0.15) is 0 Å². The van der Waals surface area contributed by atoms with Crippen molar-refractivity contribution in [2.24, 2.45) is 4.99 Å². The summed E-state index contributed by atoms with van der Waals surface area (Å²) in [5.41, 5.74) is 2.32. The maximum absolute atomic E-state index is 11.8. The Morgan fingerprint density at radius 2 is 1.96 bits per heavy atom. The van der Waals surface area contributed by atoms with Crippen LogP contribution in [-0.2, 0) is 24.4 Å². The smallest absolute Gasteiger partial charge is 0.222 e. The summed E-state index contributed by atoms with van der Waals surface area (Å²) in [6, 6.07) is 12.4. The Balaban J connectivity index is 1.54. The van der Waals surface area contributed by atoms with Gasteiger partial charge in [0.2, 0.25) is 5.91 Å². The molecule has 2 aromatic rings. The number of benzene rings is 1. The average Bonchev–Trinajstić information content (AvgIpc) is 3.32. The fraction of sp³-hybridized carbons (Fsp3) is 0.429. The zero-order valence-corrected chi connectivity index (χ0v) is 16.0. The van der Waals surface area contributed by atoms with Gasteiger partial charge in [0.25, 0.3) is 0 Å². The van der Waals surface area contributed by atoms with Crippen LogP contribution in [0.15, 0.2) is 53.8 Å². The number of hydrogen-bond acceptors (Lipinski definition) is 2. The maximum atomic E-state index is 11.8. The fourth-order valence-electron chi connectivity index (χ4n) is 3.25. The van der Waals surface area contributed by atoms with Crippen LogP contribution < -0.4 is 10.6 Å². The van der Waals surface area contributed by atoms with Gasteiger partial charge in [-0.15, -0.1) is 0 Å². The minimum atomic E-state index is 0.264. The van der Waals surface area contributed by atoms with E-state index in [-0.39, 0.29) is 5.91 Å². The third-order valence-corrected chi connectivity index (χ3v) is 4.63. The minimum Gasteiger partial charge on any atom is -0.357 e. The fourth-order valence-corrected chi connectivity index (χ4v) is 3.25. The molecule has 0 bridgehead atoms. The topological polar surface area (TPSA) is 61.7 Å². The summed E-state index contributed by atoms with van der Waals surface area (Å²) in [6.45, 7) is 6.79. The zero-order chi connectivity index (χ0) is 18.9. The highest BCUT2D eigenvalue weighted by atomic mass is 16.2. The lowest BCUT2D eigenvalue weighted by Crippen LogP contribution is -2.38. The monoisotopic (exact) mass is 367 g/mol. The number of amides is 1. The summed E-state index contributed by atoms with van der Waals surface area (Å²) in [4.78, 5) is 18.5. The number of rotatable bonds is 8. The molecule has 3 rings (SSSR count). The Kier molecular flexibility index (Phi) is 6.90. The predicted octanol–water partition coefficient (Wildman–Crippen LogP) is 2.37. The molecule has 6 nitrogen and oxygen atoms in total. The Morgan fingerprint density at radius 3 is 2.70 bits per heavy atom. The number of guanidine groups is 1. The molecule has 2 N–H and O–H groups in total. The normalized spacial score (nSPS) is 14.6. The van der Waals surface area contributed by atoms with Crippen LogP contribution in [0.2, 0.25) is 0 Å². The summed E-state index contributed by atoms with van der Waals surface area (Å²) >= 11 is 0. The summed E-state index contributed by atoms with van der Waals surface area (Å²) in [6.07, 6.45) is 5.78. The molecule has 0 aliphatic carbocycles. The molecule has 1 amide bonds. The van der Waals surface area contributed by atoms with Gasteiger partial charge in [-0.25, -0.2) is 4.99 Å². The van der Waals surface area contributed by atoms with Crippen molar-refractivity contribution in [3.8, 4) is 0 Å². The SMILES string of the molecule is CCNC(=NCc1cccc(CN2CCCC2=O)c1)NCCn1cccc1. The number of aliphatic imine (C=N–C) groups is 1. The van der Waals surface area contributed by atoms with E-state index < -0.39 is 0 Å². The van der Waals surface area contributed by atoms with Gasteiger partial charge in [0, 0.05) is 51.5 Å². The third-order valence-electron chi connectivity index (χ3n) is 4.63. The summed E-state index contributed by atoms with van der Waals surface area (Å²) < 4.78 is 2.14. The zero-order valence-electron chi connectivity index (χ0n) is 16.0. The van der Waals surface area contributed by atoms with E-state index in [1.54, 1.807) is 0 Å². The van der Waals surface area contributed by atoms with E-state index in [0.717, 1.165) is 44.1 Å². The third kappa shape index (κ3) is 5.88. The predicted molar refractivity (Wildman–Crippen MR) is 108 cm³/mol. The average molecular weight is 367 g/mol.